The lowest BCUT2D eigenvalue weighted by molar-refractivity contribution is 0.0738. The van der Waals surface area contributed by atoms with Crippen molar-refractivity contribution in [1.29, 1.82) is 0 Å². The van der Waals surface area contributed by atoms with Crippen molar-refractivity contribution in [1.82, 2.24) is 24.5 Å². The second-order valence-electron chi connectivity index (χ2n) is 17.3. The summed E-state index contributed by atoms with van der Waals surface area (Å²) in [6, 6.07) is 5.66. The van der Waals surface area contributed by atoms with E-state index in [2.05, 4.69) is 55.7 Å². The molecule has 0 saturated carbocycles. The Morgan fingerprint density at radius 1 is 1.00 bits per heavy atom. The summed E-state index contributed by atoms with van der Waals surface area (Å²) in [4.78, 5) is 26.0. The van der Waals surface area contributed by atoms with Gasteiger partial charge in [-0.05, 0) is 64.6 Å². The van der Waals surface area contributed by atoms with E-state index in [1.807, 2.05) is 23.6 Å². The first-order valence-corrected chi connectivity index (χ1v) is 26.1. The van der Waals surface area contributed by atoms with E-state index >= 15 is 0 Å². The van der Waals surface area contributed by atoms with Gasteiger partial charge in [-0.25, -0.2) is 9.78 Å². The minimum Gasteiger partial charge on any atom is -0.494 e. The van der Waals surface area contributed by atoms with Gasteiger partial charge in [-0.2, -0.15) is 9.61 Å². The van der Waals surface area contributed by atoms with Crippen molar-refractivity contribution < 1.29 is 29.2 Å². The van der Waals surface area contributed by atoms with Crippen LogP contribution in [0.4, 0.5) is 10.6 Å². The normalized spacial score (nSPS) is 19.3. The predicted molar refractivity (Wildman–Crippen MR) is 211 cm³/mol. The SMILES string of the molecule is C=C(OCC)c1c(C2C[C@H]3CC[C@@H](C2)N3C(=O)O)nc2c(-c3ccc(C(C)(C)O)nc3)cnn2c1N(COCC[Si](C)(C)C)COCC[Si](C)(C)C. The Kier molecular flexibility index (Phi) is 12.3. The lowest BCUT2D eigenvalue weighted by Gasteiger charge is -2.38. The van der Waals surface area contributed by atoms with E-state index in [1.165, 1.54) is 0 Å². The highest BCUT2D eigenvalue weighted by molar-refractivity contribution is 6.76. The topological polar surface area (TPSA) is 135 Å². The first kappa shape index (κ1) is 39.9. The fourth-order valence-corrected chi connectivity index (χ4v) is 8.71. The van der Waals surface area contributed by atoms with Gasteiger partial charge in [0.2, 0.25) is 0 Å². The summed E-state index contributed by atoms with van der Waals surface area (Å²) in [5.74, 6) is 1.17. The molecule has 5 heterocycles. The Morgan fingerprint density at radius 2 is 1.60 bits per heavy atom. The third kappa shape index (κ3) is 9.43. The Hall–Kier alpha value is -3.31. The average molecular weight is 753 g/mol. The van der Waals surface area contributed by atoms with Crippen LogP contribution in [-0.2, 0) is 19.8 Å². The number of pyridine rings is 1. The second kappa shape index (κ2) is 16.0. The van der Waals surface area contributed by atoms with E-state index in [0.717, 1.165) is 53.1 Å². The van der Waals surface area contributed by atoms with Crippen molar-refractivity contribution in [3.05, 3.63) is 48.1 Å². The molecule has 14 heteroatoms. The molecule has 1 amide bonds. The van der Waals surface area contributed by atoms with Gasteiger partial charge >= 0.3 is 6.09 Å². The first-order chi connectivity index (χ1) is 24.4. The maximum absolute atomic E-state index is 12.3. The fourth-order valence-electron chi connectivity index (χ4n) is 7.19. The van der Waals surface area contributed by atoms with Crippen LogP contribution in [0.25, 0.3) is 22.5 Å². The molecule has 12 nitrogen and oxygen atoms in total. The molecule has 0 aromatic carbocycles. The number of piperidine rings is 1. The quantitative estimate of drug-likeness (QED) is 0.0608. The van der Waals surface area contributed by atoms with E-state index in [0.29, 0.717) is 49.8 Å². The summed E-state index contributed by atoms with van der Waals surface area (Å²) < 4.78 is 20.9. The zero-order valence-corrected chi connectivity index (χ0v) is 34.7. The van der Waals surface area contributed by atoms with Gasteiger partial charge in [0, 0.05) is 64.7 Å². The number of amides is 1. The van der Waals surface area contributed by atoms with E-state index < -0.39 is 27.8 Å². The number of aromatic nitrogens is 4. The fraction of sp³-hybridized carbons (Fsp3) is 0.632. The van der Waals surface area contributed by atoms with Gasteiger partial charge in [0.05, 0.1) is 29.8 Å². The molecule has 286 valence electrons. The highest BCUT2D eigenvalue weighted by Crippen LogP contribution is 2.46. The molecule has 2 fully saturated rings. The number of anilines is 1. The number of carbonyl (C=O) groups is 1. The summed E-state index contributed by atoms with van der Waals surface area (Å²) >= 11 is 0. The number of carboxylic acid groups (broad SMARTS) is 1. The van der Waals surface area contributed by atoms with Gasteiger partial charge in [-0.3, -0.25) is 4.98 Å². The molecular weight excluding hydrogens is 693 g/mol. The van der Waals surface area contributed by atoms with Crippen molar-refractivity contribution in [2.24, 2.45) is 0 Å². The minimum absolute atomic E-state index is 0.0371. The van der Waals surface area contributed by atoms with Gasteiger partial charge in [-0.15, -0.1) is 0 Å². The number of ether oxygens (including phenoxy) is 3. The smallest absolute Gasteiger partial charge is 0.407 e. The van der Waals surface area contributed by atoms with Crippen LogP contribution in [-0.4, -0.2) is 102 Å². The standard InChI is InChI=1S/C38H60N6O6Si2/c1-11-50-26(2)33-34(28-20-29-13-14-30(21-28)43(29)37(45)46)41-35-31(27-12-15-32(39-22-27)38(3,4)47)23-40-44(35)36(33)42(24-48-16-18-51(5,6)7)25-49-17-19-52(8,9)10/h12,15,22-23,28-30,47H,2,11,13-14,16-21,24-25H2,1,3-10H3,(H,45,46)/t28?,29-,30+. The van der Waals surface area contributed by atoms with Crippen LogP contribution in [0.1, 0.15) is 69.3 Å². The van der Waals surface area contributed by atoms with Gasteiger partial charge in [0.25, 0.3) is 0 Å². The van der Waals surface area contributed by atoms with E-state index in [4.69, 9.17) is 24.3 Å². The first-order valence-electron chi connectivity index (χ1n) is 18.7. The maximum atomic E-state index is 12.3. The molecule has 1 unspecified atom stereocenters. The van der Waals surface area contributed by atoms with Crippen LogP contribution in [0.3, 0.4) is 0 Å². The number of rotatable bonds is 17. The van der Waals surface area contributed by atoms with Crippen LogP contribution in [0.2, 0.25) is 51.4 Å². The maximum Gasteiger partial charge on any atom is 0.407 e. The molecule has 3 aromatic rings. The molecule has 0 radical (unpaired) electrons. The van der Waals surface area contributed by atoms with Gasteiger partial charge < -0.3 is 34.2 Å². The van der Waals surface area contributed by atoms with Crippen molar-refractivity contribution in [3.63, 3.8) is 0 Å². The molecule has 0 aliphatic carbocycles. The van der Waals surface area contributed by atoms with Crippen LogP contribution in [0.15, 0.2) is 31.1 Å². The Morgan fingerprint density at radius 3 is 2.08 bits per heavy atom. The summed E-state index contributed by atoms with van der Waals surface area (Å²) in [5.41, 5.74) is 3.29. The second-order valence-corrected chi connectivity index (χ2v) is 28.6. The van der Waals surface area contributed by atoms with Gasteiger partial charge in [-0.1, -0.05) is 51.9 Å². The number of fused-ring (bicyclic) bond motifs is 3. The zero-order chi connectivity index (χ0) is 38.0. The van der Waals surface area contributed by atoms with Crippen LogP contribution >= 0.6 is 0 Å². The number of hydrogen-bond donors (Lipinski definition) is 2. The third-order valence-electron chi connectivity index (χ3n) is 10.1. The molecule has 2 bridgehead atoms. The van der Waals surface area contributed by atoms with E-state index in [1.54, 1.807) is 31.1 Å². The molecule has 2 aliphatic rings. The zero-order valence-electron chi connectivity index (χ0n) is 32.7. The largest absolute Gasteiger partial charge is 0.494 e. The molecule has 0 spiro atoms. The third-order valence-corrected chi connectivity index (χ3v) is 13.5. The molecular formula is C38H60N6O6Si2. The summed E-state index contributed by atoms with van der Waals surface area (Å²) in [6.07, 6.45) is 5.68. The highest BCUT2D eigenvalue weighted by Gasteiger charge is 2.45. The summed E-state index contributed by atoms with van der Waals surface area (Å²) in [5, 5.41) is 25.6. The molecule has 2 N–H and O–H groups in total. The van der Waals surface area contributed by atoms with E-state index in [-0.39, 0.29) is 31.5 Å². The molecule has 5 rings (SSSR count). The van der Waals surface area contributed by atoms with Crippen LogP contribution in [0.5, 0.6) is 0 Å². The average Bonchev–Trinajstić information content (AvgIpc) is 3.59. The molecule has 52 heavy (non-hydrogen) atoms. The van der Waals surface area contributed by atoms with Crippen molar-refractivity contribution in [2.75, 3.05) is 38.2 Å². The van der Waals surface area contributed by atoms with E-state index in [9.17, 15) is 15.0 Å². The minimum atomic E-state index is -1.35. The molecule has 3 atom stereocenters. The van der Waals surface area contributed by atoms with Gasteiger partial charge in [0.15, 0.2) is 5.65 Å². The monoisotopic (exact) mass is 752 g/mol. The molecule has 2 saturated heterocycles. The summed E-state index contributed by atoms with van der Waals surface area (Å²) in [6.45, 7) is 26.1. The van der Waals surface area contributed by atoms with Crippen molar-refractivity contribution in [3.8, 4) is 11.1 Å². The lowest BCUT2D eigenvalue weighted by atomic mass is 9.85. The molecule has 2 aliphatic heterocycles. The molecule has 3 aromatic heterocycles. The summed E-state index contributed by atoms with van der Waals surface area (Å²) in [7, 11) is -2.69. The van der Waals surface area contributed by atoms with Crippen molar-refractivity contribution >= 4 is 39.5 Å². The number of nitrogens with zero attached hydrogens (tertiary/aromatic N) is 6. The number of hydrogen-bond acceptors (Lipinski definition) is 9. The predicted octanol–water partition coefficient (Wildman–Crippen LogP) is 7.85. The Labute approximate surface area is 311 Å². The lowest BCUT2D eigenvalue weighted by Crippen LogP contribution is -2.45. The Bertz CT molecular complexity index is 1680. The number of aliphatic hydroxyl groups is 1. The highest BCUT2D eigenvalue weighted by atomic mass is 28.3. The Balaban J connectivity index is 1.69. The van der Waals surface area contributed by atoms with Gasteiger partial charge in [0.1, 0.15) is 30.6 Å². The van der Waals surface area contributed by atoms with Crippen LogP contribution in [0, 0.1) is 0 Å². The van der Waals surface area contributed by atoms with Crippen LogP contribution < -0.4 is 4.90 Å². The van der Waals surface area contributed by atoms with Crippen molar-refractivity contribution in [2.45, 2.75) is 121 Å².